The fraction of sp³-hybridized carbons (Fsp3) is 0.938. The van der Waals surface area contributed by atoms with Crippen LogP contribution in [-0.4, -0.2) is 17.8 Å². The lowest BCUT2D eigenvalue weighted by Crippen LogP contribution is -2.44. The van der Waals surface area contributed by atoms with Gasteiger partial charge in [-0.15, -0.1) is 11.6 Å². The Morgan fingerprint density at radius 3 is 2.42 bits per heavy atom. The molecule has 0 radical (unpaired) electrons. The van der Waals surface area contributed by atoms with Crippen molar-refractivity contribution in [1.29, 1.82) is 0 Å². The van der Waals surface area contributed by atoms with Gasteiger partial charge in [-0.05, 0) is 24.2 Å². The van der Waals surface area contributed by atoms with Crippen LogP contribution in [0.3, 0.4) is 0 Å². The Morgan fingerprint density at radius 2 is 1.89 bits per heavy atom. The number of carbonyl (C=O) groups is 1. The van der Waals surface area contributed by atoms with E-state index in [1.54, 1.807) is 0 Å². The fourth-order valence-corrected chi connectivity index (χ4v) is 3.13. The van der Waals surface area contributed by atoms with Gasteiger partial charge in [-0.25, -0.2) is 0 Å². The molecule has 0 heterocycles. The molecule has 0 aromatic rings. The highest BCUT2D eigenvalue weighted by atomic mass is 35.5. The van der Waals surface area contributed by atoms with E-state index in [2.05, 4.69) is 26.1 Å². The summed E-state index contributed by atoms with van der Waals surface area (Å²) in [6.45, 7) is 6.48. The largest absolute Gasteiger partial charge is 0.353 e. The van der Waals surface area contributed by atoms with Gasteiger partial charge in [0.15, 0.2) is 0 Å². The van der Waals surface area contributed by atoms with E-state index in [1.807, 2.05) is 0 Å². The van der Waals surface area contributed by atoms with Crippen molar-refractivity contribution < 1.29 is 4.79 Å². The Labute approximate surface area is 123 Å². The van der Waals surface area contributed by atoms with Crippen molar-refractivity contribution in [3.63, 3.8) is 0 Å². The second kappa shape index (κ2) is 8.14. The van der Waals surface area contributed by atoms with Gasteiger partial charge < -0.3 is 5.32 Å². The summed E-state index contributed by atoms with van der Waals surface area (Å²) in [4.78, 5) is 12.1. The van der Waals surface area contributed by atoms with Gasteiger partial charge in [0.05, 0.1) is 0 Å². The second-order valence-corrected chi connectivity index (χ2v) is 7.38. The van der Waals surface area contributed by atoms with Crippen LogP contribution in [0, 0.1) is 11.3 Å². The monoisotopic (exact) mass is 287 g/mol. The zero-order chi connectivity index (χ0) is 14.3. The number of hydrogen-bond acceptors (Lipinski definition) is 1. The Hall–Kier alpha value is -0.240. The molecule has 2 nitrogen and oxygen atoms in total. The van der Waals surface area contributed by atoms with Crippen LogP contribution in [0.4, 0.5) is 0 Å². The van der Waals surface area contributed by atoms with E-state index in [1.165, 1.54) is 32.1 Å². The van der Waals surface area contributed by atoms with Crippen LogP contribution in [0.15, 0.2) is 0 Å². The molecule has 1 aliphatic rings. The second-order valence-electron chi connectivity index (χ2n) is 7.01. The fourth-order valence-electron chi connectivity index (χ4n) is 2.91. The third-order valence-electron chi connectivity index (χ3n) is 4.28. The van der Waals surface area contributed by atoms with E-state index >= 15 is 0 Å². The summed E-state index contributed by atoms with van der Waals surface area (Å²) in [5, 5.41) is 3.17. The molecule has 1 fully saturated rings. The quantitative estimate of drug-likeness (QED) is 0.716. The maximum atomic E-state index is 12.1. The van der Waals surface area contributed by atoms with Gasteiger partial charge in [0, 0.05) is 18.3 Å². The van der Waals surface area contributed by atoms with E-state index in [0.29, 0.717) is 12.3 Å². The number of amides is 1. The minimum atomic E-state index is 0.0788. The summed E-state index contributed by atoms with van der Waals surface area (Å²) in [6, 6.07) is 0.184. The van der Waals surface area contributed by atoms with Gasteiger partial charge >= 0.3 is 0 Å². The third kappa shape index (κ3) is 6.65. The van der Waals surface area contributed by atoms with Gasteiger partial charge in [0.1, 0.15) is 0 Å². The number of nitrogens with one attached hydrogen (secondary N) is 1. The predicted octanol–water partition coefficient (Wildman–Crippen LogP) is 4.51. The molecule has 3 heteroatoms. The van der Waals surface area contributed by atoms with Crippen molar-refractivity contribution in [1.82, 2.24) is 5.32 Å². The molecule has 0 aliphatic heterocycles. The molecule has 1 atom stereocenters. The average Bonchev–Trinajstić information content (AvgIpc) is 2.36. The van der Waals surface area contributed by atoms with Crippen LogP contribution >= 0.6 is 11.6 Å². The summed E-state index contributed by atoms with van der Waals surface area (Å²) >= 11 is 5.83. The van der Waals surface area contributed by atoms with Crippen LogP contribution < -0.4 is 5.32 Å². The van der Waals surface area contributed by atoms with Crippen molar-refractivity contribution in [2.24, 2.45) is 11.3 Å². The van der Waals surface area contributed by atoms with E-state index < -0.39 is 0 Å². The van der Waals surface area contributed by atoms with Crippen LogP contribution in [0.1, 0.15) is 72.1 Å². The maximum absolute atomic E-state index is 12.1. The lowest BCUT2D eigenvalue weighted by atomic mass is 9.84. The summed E-state index contributed by atoms with van der Waals surface area (Å²) in [5.74, 6) is 1.58. The number of carbonyl (C=O) groups excluding carboxylic acids is 1. The molecule has 1 N–H and O–H groups in total. The molecule has 0 spiro atoms. The molecule has 1 amide bonds. The zero-order valence-corrected chi connectivity index (χ0v) is 13.6. The predicted molar refractivity (Wildman–Crippen MR) is 82.5 cm³/mol. The van der Waals surface area contributed by atoms with Crippen LogP contribution in [0.25, 0.3) is 0 Å². The van der Waals surface area contributed by atoms with E-state index in [9.17, 15) is 4.79 Å². The first-order valence-electron chi connectivity index (χ1n) is 7.79. The normalized spacial score (nSPS) is 19.2. The molecular formula is C16H30ClNO. The minimum Gasteiger partial charge on any atom is -0.353 e. The Morgan fingerprint density at radius 1 is 1.26 bits per heavy atom. The van der Waals surface area contributed by atoms with E-state index in [-0.39, 0.29) is 17.4 Å². The van der Waals surface area contributed by atoms with Crippen molar-refractivity contribution in [2.75, 3.05) is 5.88 Å². The zero-order valence-electron chi connectivity index (χ0n) is 12.8. The highest BCUT2D eigenvalue weighted by Gasteiger charge is 2.25. The first-order valence-corrected chi connectivity index (χ1v) is 8.32. The van der Waals surface area contributed by atoms with Crippen molar-refractivity contribution in [3.05, 3.63) is 0 Å². The highest BCUT2D eigenvalue weighted by molar-refractivity contribution is 6.17. The smallest absolute Gasteiger partial charge is 0.220 e. The van der Waals surface area contributed by atoms with Gasteiger partial charge in [-0.3, -0.25) is 4.79 Å². The van der Waals surface area contributed by atoms with Gasteiger partial charge in [0.25, 0.3) is 0 Å². The van der Waals surface area contributed by atoms with E-state index in [0.717, 1.165) is 18.8 Å². The number of rotatable bonds is 6. The minimum absolute atomic E-state index is 0.0788. The van der Waals surface area contributed by atoms with Gasteiger partial charge in [-0.1, -0.05) is 52.9 Å². The molecule has 0 aromatic heterocycles. The molecule has 0 saturated heterocycles. The van der Waals surface area contributed by atoms with Crippen molar-refractivity contribution >= 4 is 17.5 Å². The van der Waals surface area contributed by atoms with Gasteiger partial charge in [-0.2, -0.15) is 0 Å². The number of halogens is 1. The standard InChI is InChI=1S/C16H30ClNO/c1-16(2,3)14(11-12-17)18-15(19)10-9-13-7-5-4-6-8-13/h13-14H,4-12H2,1-3H3,(H,18,19). The first-order chi connectivity index (χ1) is 8.93. The average molecular weight is 288 g/mol. The molecule has 0 aromatic carbocycles. The van der Waals surface area contributed by atoms with Crippen LogP contribution in [0.5, 0.6) is 0 Å². The number of hydrogen-bond donors (Lipinski definition) is 1. The first kappa shape index (κ1) is 16.8. The molecule has 0 bridgehead atoms. The van der Waals surface area contributed by atoms with E-state index in [4.69, 9.17) is 11.6 Å². The number of alkyl halides is 1. The van der Waals surface area contributed by atoms with Crippen LogP contribution in [-0.2, 0) is 4.79 Å². The molecule has 1 unspecified atom stereocenters. The van der Waals surface area contributed by atoms with Crippen LogP contribution in [0.2, 0.25) is 0 Å². The Balaban J connectivity index is 2.31. The highest BCUT2D eigenvalue weighted by Crippen LogP contribution is 2.27. The summed E-state index contributed by atoms with van der Waals surface area (Å²) in [5.41, 5.74) is 0.0788. The molecule has 112 valence electrons. The Bertz CT molecular complexity index is 266. The lowest BCUT2D eigenvalue weighted by molar-refractivity contribution is -0.122. The topological polar surface area (TPSA) is 29.1 Å². The Kier molecular flexibility index (Phi) is 7.20. The third-order valence-corrected chi connectivity index (χ3v) is 4.50. The van der Waals surface area contributed by atoms with Crippen molar-refractivity contribution in [3.8, 4) is 0 Å². The molecule has 19 heavy (non-hydrogen) atoms. The summed E-state index contributed by atoms with van der Waals surface area (Å²) in [7, 11) is 0. The molecule has 1 aliphatic carbocycles. The molecule has 1 saturated carbocycles. The lowest BCUT2D eigenvalue weighted by Gasteiger charge is -2.31. The molecular weight excluding hydrogens is 258 g/mol. The van der Waals surface area contributed by atoms with Gasteiger partial charge in [0.2, 0.25) is 5.91 Å². The molecule has 1 rings (SSSR count). The summed E-state index contributed by atoms with van der Waals surface area (Å²) in [6.07, 6.45) is 9.30. The summed E-state index contributed by atoms with van der Waals surface area (Å²) < 4.78 is 0. The van der Waals surface area contributed by atoms with Crippen molar-refractivity contribution in [2.45, 2.75) is 78.2 Å². The SMILES string of the molecule is CC(C)(C)C(CCCl)NC(=O)CCC1CCCCC1. The maximum Gasteiger partial charge on any atom is 0.220 e.